The van der Waals surface area contributed by atoms with Gasteiger partial charge < -0.3 is 10.2 Å². The molecule has 4 nitrogen and oxygen atoms in total. The number of aldehydes is 1. The summed E-state index contributed by atoms with van der Waals surface area (Å²) in [6.45, 7) is 10.4. The molecule has 1 aliphatic rings. The summed E-state index contributed by atoms with van der Waals surface area (Å²) in [5, 5.41) is 5.28. The number of carbonyl (C=O) groups is 1. The van der Waals surface area contributed by atoms with Gasteiger partial charge >= 0.3 is 0 Å². The maximum atomic E-state index is 12.9. The van der Waals surface area contributed by atoms with Crippen LogP contribution in [0, 0.1) is 0 Å². The molecule has 0 aromatic carbocycles. The monoisotopic (exact) mass is 427 g/mol. The van der Waals surface area contributed by atoms with E-state index in [1.54, 1.807) is 0 Å². The van der Waals surface area contributed by atoms with Crippen molar-refractivity contribution in [2.45, 2.75) is 65.0 Å². The lowest BCUT2D eigenvalue weighted by atomic mass is 9.88. The van der Waals surface area contributed by atoms with Gasteiger partial charge in [-0.3, -0.25) is 4.79 Å². The molecule has 1 fully saturated rings. The van der Waals surface area contributed by atoms with Crippen LogP contribution in [-0.2, 0) is 4.79 Å². The van der Waals surface area contributed by atoms with E-state index in [1.165, 1.54) is 0 Å². The summed E-state index contributed by atoms with van der Waals surface area (Å²) < 4.78 is 12.9. The number of pyridine rings is 1. The Labute approximate surface area is 187 Å². The zero-order chi connectivity index (χ0) is 23.3. The SMILES string of the molecule is C=C(/C=c1/cc(NC)nc/c1=C/C)/C(=C/C)N(C)/C=C/CC.O=CC1(F)CCCCC1. The second-order valence-electron chi connectivity index (χ2n) is 7.70. The molecule has 2 rings (SSSR count). The molecule has 1 heterocycles. The van der Waals surface area contributed by atoms with E-state index in [1.807, 2.05) is 40.2 Å². The van der Waals surface area contributed by atoms with Gasteiger partial charge in [-0.15, -0.1) is 0 Å². The largest absolute Gasteiger partial charge is 0.373 e. The maximum absolute atomic E-state index is 12.9. The number of rotatable bonds is 7. The molecule has 5 heteroatoms. The summed E-state index contributed by atoms with van der Waals surface area (Å²) in [5.41, 5.74) is 0.606. The smallest absolute Gasteiger partial charge is 0.165 e. The quantitative estimate of drug-likeness (QED) is 0.498. The van der Waals surface area contributed by atoms with E-state index < -0.39 is 5.67 Å². The first-order valence-corrected chi connectivity index (χ1v) is 11.1. The second-order valence-corrected chi connectivity index (χ2v) is 7.70. The Morgan fingerprint density at radius 1 is 1.29 bits per heavy atom. The first kappa shape index (κ1) is 26.3. The molecule has 0 saturated heterocycles. The predicted molar refractivity (Wildman–Crippen MR) is 131 cm³/mol. The number of hydrogen-bond acceptors (Lipinski definition) is 4. The van der Waals surface area contributed by atoms with Gasteiger partial charge in [-0.05, 0) is 80.3 Å². The third kappa shape index (κ3) is 8.52. The Kier molecular flexibility index (Phi) is 11.5. The van der Waals surface area contributed by atoms with Crippen molar-refractivity contribution in [2.75, 3.05) is 19.4 Å². The molecule has 170 valence electrons. The molecule has 1 saturated carbocycles. The number of aromatic nitrogens is 1. The standard InChI is InChI=1S/C19H27N3.C7H11FO/c1-7-10-11-22(6)18(9-3)15(4)12-17-13-19(20-5)21-14-16(17)8-2;8-7(6-9)4-2-1-3-5-7/h8-14,20H,4,7H2,1-3,5-6H3;6H,1-5H2/b11-10+,16-8-,17-12-,18-9-;. The van der Waals surface area contributed by atoms with Crippen LogP contribution in [-0.4, -0.2) is 35.9 Å². The molecular weight excluding hydrogens is 389 g/mol. The van der Waals surface area contributed by atoms with Crippen molar-refractivity contribution >= 4 is 24.3 Å². The van der Waals surface area contributed by atoms with Gasteiger partial charge in [0.25, 0.3) is 0 Å². The molecule has 0 radical (unpaired) electrons. The highest BCUT2D eigenvalue weighted by molar-refractivity contribution is 5.62. The molecule has 1 aliphatic carbocycles. The highest BCUT2D eigenvalue weighted by Gasteiger charge is 2.30. The van der Waals surface area contributed by atoms with Crippen molar-refractivity contribution in [2.24, 2.45) is 0 Å². The van der Waals surface area contributed by atoms with Crippen LogP contribution < -0.4 is 15.8 Å². The molecule has 0 amide bonds. The van der Waals surface area contributed by atoms with Crippen molar-refractivity contribution in [1.82, 2.24) is 9.88 Å². The van der Waals surface area contributed by atoms with Crippen LogP contribution >= 0.6 is 0 Å². The molecule has 1 aromatic rings. The molecular formula is C26H38FN3O. The number of nitrogens with zero attached hydrogens (tertiary/aromatic N) is 2. The second kappa shape index (κ2) is 13.6. The van der Waals surface area contributed by atoms with E-state index in [2.05, 4.69) is 59.2 Å². The average Bonchev–Trinajstić information content (AvgIpc) is 2.79. The first-order chi connectivity index (χ1) is 14.8. The number of likely N-dealkylation sites (N-methyl/N-ethyl adjacent to an activating group) is 1. The molecule has 0 unspecified atom stereocenters. The predicted octanol–water partition coefficient (Wildman–Crippen LogP) is 4.88. The van der Waals surface area contributed by atoms with Crippen LogP contribution in [0.3, 0.4) is 0 Å². The van der Waals surface area contributed by atoms with Gasteiger partial charge in [0.1, 0.15) is 5.82 Å². The summed E-state index contributed by atoms with van der Waals surface area (Å²) in [6, 6.07) is 2.04. The van der Waals surface area contributed by atoms with Gasteiger partial charge in [-0.1, -0.05) is 38.2 Å². The zero-order valence-corrected chi connectivity index (χ0v) is 19.7. The highest BCUT2D eigenvalue weighted by Crippen LogP contribution is 2.29. The van der Waals surface area contributed by atoms with E-state index in [0.717, 1.165) is 53.2 Å². The number of carbonyl (C=O) groups excluding carboxylic acids is 1. The Hall–Kier alpha value is -2.69. The number of alkyl halides is 1. The van der Waals surface area contributed by atoms with Gasteiger partial charge in [0.15, 0.2) is 12.0 Å². The third-order valence-electron chi connectivity index (χ3n) is 5.31. The normalized spacial score (nSPS) is 17.2. The summed E-state index contributed by atoms with van der Waals surface area (Å²) in [5.74, 6) is 0.853. The fraction of sp³-hybridized carbons (Fsp3) is 0.462. The van der Waals surface area contributed by atoms with Crippen LogP contribution in [0.5, 0.6) is 0 Å². The Bertz CT molecular complexity index is 896. The first-order valence-electron chi connectivity index (χ1n) is 11.1. The Morgan fingerprint density at radius 3 is 2.45 bits per heavy atom. The van der Waals surface area contributed by atoms with E-state index >= 15 is 0 Å². The third-order valence-corrected chi connectivity index (χ3v) is 5.31. The van der Waals surface area contributed by atoms with Crippen molar-refractivity contribution in [3.05, 3.63) is 58.9 Å². The van der Waals surface area contributed by atoms with Gasteiger partial charge in [0.05, 0.1) is 0 Å². The topological polar surface area (TPSA) is 45.2 Å². The summed E-state index contributed by atoms with van der Waals surface area (Å²) in [4.78, 5) is 16.6. The minimum absolute atomic E-state index is 0.441. The van der Waals surface area contributed by atoms with E-state index in [4.69, 9.17) is 0 Å². The van der Waals surface area contributed by atoms with E-state index in [-0.39, 0.29) is 0 Å². The molecule has 0 aliphatic heterocycles. The van der Waals surface area contributed by atoms with Gasteiger partial charge in [0.2, 0.25) is 0 Å². The summed E-state index contributed by atoms with van der Waals surface area (Å²) in [7, 11) is 3.91. The summed E-state index contributed by atoms with van der Waals surface area (Å²) in [6.07, 6.45) is 17.5. The fourth-order valence-corrected chi connectivity index (χ4v) is 3.46. The van der Waals surface area contributed by atoms with Crippen LogP contribution in [0.25, 0.3) is 12.2 Å². The van der Waals surface area contributed by atoms with Gasteiger partial charge in [-0.25, -0.2) is 9.37 Å². The van der Waals surface area contributed by atoms with Crippen molar-refractivity contribution in [3.8, 4) is 0 Å². The van der Waals surface area contributed by atoms with Crippen LogP contribution in [0.1, 0.15) is 59.3 Å². The molecule has 1 N–H and O–H groups in total. The lowest BCUT2D eigenvalue weighted by Crippen LogP contribution is -2.27. The van der Waals surface area contributed by atoms with Gasteiger partial charge in [-0.2, -0.15) is 0 Å². The molecule has 31 heavy (non-hydrogen) atoms. The molecule has 0 spiro atoms. The van der Waals surface area contributed by atoms with Crippen LogP contribution in [0.15, 0.2) is 48.5 Å². The zero-order valence-electron chi connectivity index (χ0n) is 19.7. The van der Waals surface area contributed by atoms with E-state index in [9.17, 15) is 9.18 Å². The van der Waals surface area contributed by atoms with Gasteiger partial charge in [0, 0.05) is 26.0 Å². The number of hydrogen-bond donors (Lipinski definition) is 1. The fourth-order valence-electron chi connectivity index (χ4n) is 3.46. The van der Waals surface area contributed by atoms with Crippen LogP contribution in [0.2, 0.25) is 0 Å². The Morgan fingerprint density at radius 2 is 1.97 bits per heavy atom. The minimum atomic E-state index is -1.46. The number of nitrogens with one attached hydrogen (secondary N) is 1. The average molecular weight is 428 g/mol. The minimum Gasteiger partial charge on any atom is -0.373 e. The van der Waals surface area contributed by atoms with E-state index in [0.29, 0.717) is 19.1 Å². The van der Waals surface area contributed by atoms with Crippen LogP contribution in [0.4, 0.5) is 10.2 Å². The number of halogens is 1. The Balaban J connectivity index is 0.000000442. The van der Waals surface area contributed by atoms with Crippen molar-refractivity contribution < 1.29 is 9.18 Å². The maximum Gasteiger partial charge on any atom is 0.165 e. The summed E-state index contributed by atoms with van der Waals surface area (Å²) >= 11 is 0. The number of anilines is 1. The lowest BCUT2D eigenvalue weighted by molar-refractivity contribution is -0.119. The molecule has 0 atom stereocenters. The lowest BCUT2D eigenvalue weighted by Gasteiger charge is -2.22. The molecule has 1 aromatic heterocycles. The van der Waals surface area contributed by atoms with Crippen molar-refractivity contribution in [3.63, 3.8) is 0 Å². The highest BCUT2D eigenvalue weighted by atomic mass is 19.1. The van der Waals surface area contributed by atoms with Crippen molar-refractivity contribution in [1.29, 1.82) is 0 Å². The molecule has 0 bridgehead atoms. The number of allylic oxidation sites excluding steroid dienone is 3.